The molecule has 0 bridgehead atoms. The molecule has 5 rings (SSSR count). The fourth-order valence-electron chi connectivity index (χ4n) is 4.42. The van der Waals surface area contributed by atoms with Crippen molar-refractivity contribution in [1.29, 1.82) is 0 Å². The van der Waals surface area contributed by atoms with E-state index < -0.39 is 6.03 Å². The number of rotatable bonds is 6. The monoisotopic (exact) mass is 505 g/mol. The van der Waals surface area contributed by atoms with E-state index in [0.717, 1.165) is 5.69 Å². The van der Waals surface area contributed by atoms with E-state index >= 15 is 0 Å². The molecule has 4 N–H and O–H groups in total. The van der Waals surface area contributed by atoms with Crippen LogP contribution in [0.3, 0.4) is 0 Å². The number of halogens is 1. The normalized spacial score (nSPS) is 17.6. The van der Waals surface area contributed by atoms with Gasteiger partial charge >= 0.3 is 6.03 Å². The summed E-state index contributed by atoms with van der Waals surface area (Å²) >= 11 is 6.48. The highest BCUT2D eigenvalue weighted by molar-refractivity contribution is 6.33. The van der Waals surface area contributed by atoms with Gasteiger partial charge in [-0.3, -0.25) is 9.69 Å². The molecule has 0 radical (unpaired) electrons. The summed E-state index contributed by atoms with van der Waals surface area (Å²) in [4.78, 5) is 35.4. The van der Waals surface area contributed by atoms with Gasteiger partial charge in [0, 0.05) is 31.0 Å². The van der Waals surface area contributed by atoms with Gasteiger partial charge in [0.05, 0.1) is 16.8 Å². The summed E-state index contributed by atoms with van der Waals surface area (Å²) in [5.41, 5.74) is 7.74. The van der Waals surface area contributed by atoms with Crippen molar-refractivity contribution < 1.29 is 9.59 Å². The summed E-state index contributed by atoms with van der Waals surface area (Å²) in [5, 5.41) is 14.7. The fraction of sp³-hybridized carbons (Fsp3) is 0.250. The van der Waals surface area contributed by atoms with Gasteiger partial charge in [-0.2, -0.15) is 4.68 Å². The number of fused-ring (bicyclic) bond motifs is 1. The molecule has 12 heteroatoms. The number of aromatic nitrogens is 5. The van der Waals surface area contributed by atoms with Crippen LogP contribution in [-0.2, 0) is 0 Å². The number of carbonyl (C=O) groups excluding carboxylic acids is 2. The Labute approximate surface area is 211 Å². The van der Waals surface area contributed by atoms with E-state index in [1.54, 1.807) is 64.4 Å². The molecule has 4 aromatic rings. The first-order valence-electron chi connectivity index (χ1n) is 11.5. The van der Waals surface area contributed by atoms with Crippen molar-refractivity contribution in [2.24, 2.45) is 11.7 Å². The number of nitrogens with two attached hydrogens (primary N) is 1. The van der Waals surface area contributed by atoms with Crippen LogP contribution in [0.5, 0.6) is 0 Å². The quantitative estimate of drug-likeness (QED) is 0.364. The molecule has 1 aliphatic rings. The number of piperidine rings is 1. The number of anilines is 1. The maximum atomic E-state index is 13.8. The summed E-state index contributed by atoms with van der Waals surface area (Å²) in [6, 6.07) is 13.3. The first-order valence-corrected chi connectivity index (χ1v) is 11.8. The predicted octanol–water partition coefficient (Wildman–Crippen LogP) is 2.16. The predicted molar refractivity (Wildman–Crippen MR) is 135 cm³/mol. The third-order valence-electron chi connectivity index (χ3n) is 6.10. The largest absolute Gasteiger partial charge is 0.352 e. The van der Waals surface area contributed by atoms with Crippen LogP contribution in [0.4, 0.5) is 10.6 Å². The van der Waals surface area contributed by atoms with Crippen molar-refractivity contribution >= 4 is 40.5 Å². The van der Waals surface area contributed by atoms with Crippen LogP contribution in [0.15, 0.2) is 60.9 Å². The molecular weight excluding hydrogens is 482 g/mol. The van der Waals surface area contributed by atoms with Gasteiger partial charge in [0.25, 0.3) is 5.91 Å². The van der Waals surface area contributed by atoms with Crippen molar-refractivity contribution in [1.82, 2.24) is 35.6 Å². The molecule has 0 unspecified atom stereocenters. The SMILES string of the molecule is NC(=O)NC[C@H]1CNC[C@H](N(C(=O)c2ccc(-n3nnc4cccnc43)cc2)c2ncccc2Cl)C1. The Bertz CT molecular complexity index is 1390. The lowest BCUT2D eigenvalue weighted by Gasteiger charge is -2.37. The van der Waals surface area contributed by atoms with E-state index in [1.165, 1.54) is 0 Å². The second-order valence-corrected chi connectivity index (χ2v) is 8.94. The topological polar surface area (TPSA) is 144 Å². The number of carbonyl (C=O) groups is 2. The van der Waals surface area contributed by atoms with Crippen LogP contribution in [0.2, 0.25) is 5.02 Å². The number of primary amides is 1. The lowest BCUT2D eigenvalue weighted by molar-refractivity contribution is 0.0967. The van der Waals surface area contributed by atoms with Crippen molar-refractivity contribution in [3.8, 4) is 5.69 Å². The molecule has 36 heavy (non-hydrogen) atoms. The van der Waals surface area contributed by atoms with Gasteiger partial charge in [0.1, 0.15) is 5.52 Å². The Morgan fingerprint density at radius 2 is 1.89 bits per heavy atom. The number of hydrogen-bond donors (Lipinski definition) is 3. The molecule has 1 fully saturated rings. The standard InChI is InChI=1S/C24H24ClN9O2/c25-19-3-1-9-28-21(19)33(18-11-15(12-27-14-18)13-30-24(26)36)23(35)16-5-7-17(8-6-16)34-22-20(31-32-34)4-2-10-29-22/h1-10,15,18,27H,11-14H2,(H3,26,30,36)/t15-,18-/m1/s1. The molecule has 184 valence electrons. The van der Waals surface area contributed by atoms with Crippen LogP contribution in [-0.4, -0.2) is 62.6 Å². The van der Waals surface area contributed by atoms with Crippen LogP contribution in [0.1, 0.15) is 16.8 Å². The minimum absolute atomic E-state index is 0.0875. The Morgan fingerprint density at radius 3 is 2.67 bits per heavy atom. The van der Waals surface area contributed by atoms with Crippen LogP contribution >= 0.6 is 11.6 Å². The number of hydrogen-bond acceptors (Lipinski definition) is 7. The molecular formula is C24H24ClN9O2. The molecule has 2 atom stereocenters. The van der Waals surface area contributed by atoms with Crippen LogP contribution in [0.25, 0.3) is 16.9 Å². The van der Waals surface area contributed by atoms with E-state index in [4.69, 9.17) is 17.3 Å². The zero-order valence-electron chi connectivity index (χ0n) is 19.2. The summed E-state index contributed by atoms with van der Waals surface area (Å²) in [6.07, 6.45) is 3.93. The first-order chi connectivity index (χ1) is 17.5. The fourth-order valence-corrected chi connectivity index (χ4v) is 4.63. The molecule has 11 nitrogen and oxygen atoms in total. The van der Waals surface area contributed by atoms with Crippen molar-refractivity contribution in [2.75, 3.05) is 24.5 Å². The third kappa shape index (κ3) is 4.83. The number of amides is 3. The Kier molecular flexibility index (Phi) is 6.74. The molecule has 1 saturated heterocycles. The second-order valence-electron chi connectivity index (χ2n) is 8.54. The molecule has 3 amide bonds. The van der Waals surface area contributed by atoms with Gasteiger partial charge < -0.3 is 16.4 Å². The number of nitrogens with zero attached hydrogens (tertiary/aromatic N) is 6. The molecule has 0 saturated carbocycles. The summed E-state index contributed by atoms with van der Waals surface area (Å²) < 4.78 is 1.62. The molecule has 1 aliphatic heterocycles. The number of nitrogens with one attached hydrogen (secondary N) is 2. The molecule has 0 spiro atoms. The highest BCUT2D eigenvalue weighted by Crippen LogP contribution is 2.29. The average molecular weight is 506 g/mol. The van der Waals surface area contributed by atoms with Crippen molar-refractivity contribution in [2.45, 2.75) is 12.5 Å². The average Bonchev–Trinajstić information content (AvgIpc) is 3.33. The highest BCUT2D eigenvalue weighted by Gasteiger charge is 2.33. The van der Waals surface area contributed by atoms with Gasteiger partial charge in [-0.25, -0.2) is 14.8 Å². The van der Waals surface area contributed by atoms with Gasteiger partial charge in [0.2, 0.25) is 0 Å². The van der Waals surface area contributed by atoms with E-state index in [-0.39, 0.29) is 17.9 Å². The molecule has 0 aliphatic carbocycles. The summed E-state index contributed by atoms with van der Waals surface area (Å²) in [5.74, 6) is 0.235. The molecule has 3 aromatic heterocycles. The first kappa shape index (κ1) is 23.6. The minimum Gasteiger partial charge on any atom is -0.352 e. The Balaban J connectivity index is 1.44. The van der Waals surface area contributed by atoms with Gasteiger partial charge in [0.15, 0.2) is 11.5 Å². The number of pyridine rings is 2. The van der Waals surface area contributed by atoms with Gasteiger partial charge in [-0.1, -0.05) is 16.8 Å². The Hall–Kier alpha value is -4.09. The molecule has 1 aromatic carbocycles. The summed E-state index contributed by atoms with van der Waals surface area (Å²) in [7, 11) is 0. The molecule has 4 heterocycles. The van der Waals surface area contributed by atoms with Crippen molar-refractivity contribution in [3.63, 3.8) is 0 Å². The van der Waals surface area contributed by atoms with E-state index in [0.29, 0.717) is 53.6 Å². The zero-order valence-corrected chi connectivity index (χ0v) is 20.0. The Morgan fingerprint density at radius 1 is 1.11 bits per heavy atom. The zero-order chi connectivity index (χ0) is 25.1. The third-order valence-corrected chi connectivity index (χ3v) is 6.40. The van der Waals surface area contributed by atoms with E-state index in [1.807, 2.05) is 6.07 Å². The van der Waals surface area contributed by atoms with Crippen molar-refractivity contribution in [3.05, 3.63) is 71.5 Å². The smallest absolute Gasteiger partial charge is 0.312 e. The number of urea groups is 1. The van der Waals surface area contributed by atoms with Crippen LogP contribution < -0.4 is 21.3 Å². The van der Waals surface area contributed by atoms with Gasteiger partial charge in [-0.15, -0.1) is 5.10 Å². The van der Waals surface area contributed by atoms with Gasteiger partial charge in [-0.05, 0) is 67.4 Å². The lowest BCUT2D eigenvalue weighted by Crippen LogP contribution is -2.53. The maximum absolute atomic E-state index is 13.8. The number of benzene rings is 1. The van der Waals surface area contributed by atoms with E-state index in [2.05, 4.69) is 30.9 Å². The van der Waals surface area contributed by atoms with E-state index in [9.17, 15) is 9.59 Å². The highest BCUT2D eigenvalue weighted by atomic mass is 35.5. The van der Waals surface area contributed by atoms with Crippen LogP contribution in [0, 0.1) is 5.92 Å². The second kappa shape index (κ2) is 10.3. The maximum Gasteiger partial charge on any atom is 0.312 e. The minimum atomic E-state index is -0.576. The summed E-state index contributed by atoms with van der Waals surface area (Å²) in [6.45, 7) is 1.66. The lowest BCUT2D eigenvalue weighted by atomic mass is 9.94.